The Morgan fingerprint density at radius 3 is 1.56 bits per heavy atom. The van der Waals surface area contributed by atoms with Gasteiger partial charge in [0.2, 0.25) is 0 Å². The van der Waals surface area contributed by atoms with Gasteiger partial charge in [0.05, 0.1) is 13.2 Å². The first kappa shape index (κ1) is 49.7. The van der Waals surface area contributed by atoms with Crippen molar-refractivity contribution in [2.45, 2.75) is 180 Å². The molecule has 11 nitrogen and oxygen atoms in total. The fourth-order valence-electron chi connectivity index (χ4n) is 5.19. The average molecular weight is 758 g/mol. The second kappa shape index (κ2) is 35.7. The zero-order valence-corrected chi connectivity index (χ0v) is 33.3. The molecule has 0 radical (unpaired) electrons. The van der Waals surface area contributed by atoms with E-state index in [0.717, 1.165) is 51.4 Å². The van der Waals surface area contributed by atoms with Crippen LogP contribution in [0.5, 0.6) is 0 Å². The largest absolute Gasteiger partial charge is 0.480 e. The van der Waals surface area contributed by atoms with Crippen LogP contribution in [0, 0.1) is 0 Å². The van der Waals surface area contributed by atoms with E-state index in [1.807, 2.05) is 0 Å². The highest BCUT2D eigenvalue weighted by atomic mass is 31.2. The van der Waals surface area contributed by atoms with Crippen LogP contribution in [0.1, 0.15) is 168 Å². The molecule has 0 aliphatic carbocycles. The molecule has 0 saturated carbocycles. The Morgan fingerprint density at radius 2 is 1.02 bits per heavy atom. The normalized spacial score (nSPS) is 14.2. The quantitative estimate of drug-likeness (QED) is 0.0238. The van der Waals surface area contributed by atoms with Gasteiger partial charge in [-0.05, 0) is 51.4 Å². The lowest BCUT2D eigenvalue weighted by Gasteiger charge is -2.20. The van der Waals surface area contributed by atoms with Crippen LogP contribution in [0.2, 0.25) is 0 Å². The number of ether oxygens (including phenoxy) is 2. The van der Waals surface area contributed by atoms with Crippen molar-refractivity contribution in [1.29, 1.82) is 0 Å². The Hall–Kier alpha value is -2.30. The number of carbonyl (C=O) groups is 3. The molecule has 4 N–H and O–H groups in total. The number of carboxylic acid groups (broad SMARTS) is 1. The third-order valence-corrected chi connectivity index (χ3v) is 9.34. The molecule has 3 atom stereocenters. The van der Waals surface area contributed by atoms with E-state index in [-0.39, 0.29) is 19.4 Å². The van der Waals surface area contributed by atoms with Crippen molar-refractivity contribution >= 4 is 25.7 Å². The fraction of sp³-hybridized carbons (Fsp3) is 0.775. The fourth-order valence-corrected chi connectivity index (χ4v) is 5.97. The molecule has 0 aromatic heterocycles. The summed E-state index contributed by atoms with van der Waals surface area (Å²) >= 11 is 0. The van der Waals surface area contributed by atoms with E-state index in [1.165, 1.54) is 77.0 Å². The number of unbranched alkanes of at least 4 members (excludes halogenated alkanes) is 17. The number of phosphoric acid groups is 1. The number of hydrogen-bond donors (Lipinski definition) is 3. The maximum atomic E-state index is 12.6. The van der Waals surface area contributed by atoms with E-state index < -0.39 is 51.1 Å². The van der Waals surface area contributed by atoms with Gasteiger partial charge in [0.15, 0.2) is 6.10 Å². The molecule has 0 spiro atoms. The van der Waals surface area contributed by atoms with Gasteiger partial charge >= 0.3 is 25.7 Å². The van der Waals surface area contributed by atoms with E-state index in [0.29, 0.717) is 12.8 Å². The molecule has 52 heavy (non-hydrogen) atoms. The van der Waals surface area contributed by atoms with Gasteiger partial charge in [0.25, 0.3) is 0 Å². The van der Waals surface area contributed by atoms with E-state index in [4.69, 9.17) is 24.8 Å². The minimum atomic E-state index is -4.72. The number of esters is 2. The van der Waals surface area contributed by atoms with Crippen molar-refractivity contribution in [3.63, 3.8) is 0 Å². The van der Waals surface area contributed by atoms with Gasteiger partial charge in [-0.3, -0.25) is 23.4 Å². The second-order valence-electron chi connectivity index (χ2n) is 13.4. The maximum Gasteiger partial charge on any atom is 0.472 e. The van der Waals surface area contributed by atoms with Gasteiger partial charge in [-0.1, -0.05) is 140 Å². The Bertz CT molecular complexity index is 1030. The first-order valence-corrected chi connectivity index (χ1v) is 21.5. The lowest BCUT2D eigenvalue weighted by Crippen LogP contribution is -2.34. The predicted octanol–water partition coefficient (Wildman–Crippen LogP) is 10.1. The van der Waals surface area contributed by atoms with Crippen LogP contribution in [0.3, 0.4) is 0 Å². The van der Waals surface area contributed by atoms with Crippen LogP contribution in [0.4, 0.5) is 0 Å². The number of hydrogen-bond acceptors (Lipinski definition) is 9. The summed E-state index contributed by atoms with van der Waals surface area (Å²) in [4.78, 5) is 45.8. The lowest BCUT2D eigenvalue weighted by molar-refractivity contribution is -0.161. The minimum absolute atomic E-state index is 0.155. The maximum absolute atomic E-state index is 12.6. The Balaban J connectivity index is 4.48. The first-order valence-electron chi connectivity index (χ1n) is 20.0. The molecule has 0 rings (SSSR count). The van der Waals surface area contributed by atoms with E-state index in [2.05, 4.69) is 54.8 Å². The number of aliphatic carboxylic acids is 1. The highest BCUT2D eigenvalue weighted by Gasteiger charge is 2.28. The lowest BCUT2D eigenvalue weighted by atomic mass is 10.0. The number of allylic oxidation sites excluding steroid dienone is 6. The van der Waals surface area contributed by atoms with Crippen LogP contribution < -0.4 is 5.73 Å². The summed E-state index contributed by atoms with van der Waals surface area (Å²) in [6.45, 7) is 2.72. The Morgan fingerprint density at radius 1 is 0.596 bits per heavy atom. The SMILES string of the molecule is CCCCC/C=C\C/C=C\C/C=C\CCCCC(=O)OC[C@H](COP(=O)(O)OC[C@H](N)C(=O)O)OC(=O)CCCCCCCCCCCCCCC. The van der Waals surface area contributed by atoms with Gasteiger partial charge in [-0.25, -0.2) is 4.57 Å². The van der Waals surface area contributed by atoms with Gasteiger partial charge in [0.1, 0.15) is 12.6 Å². The zero-order valence-electron chi connectivity index (χ0n) is 32.4. The number of carboxylic acids is 1. The highest BCUT2D eigenvalue weighted by molar-refractivity contribution is 7.47. The molecule has 0 amide bonds. The monoisotopic (exact) mass is 757 g/mol. The molecule has 0 aliphatic rings. The van der Waals surface area contributed by atoms with E-state index >= 15 is 0 Å². The van der Waals surface area contributed by atoms with Crippen LogP contribution in [0.15, 0.2) is 36.5 Å². The van der Waals surface area contributed by atoms with Gasteiger partial charge in [-0.15, -0.1) is 0 Å². The van der Waals surface area contributed by atoms with Crippen LogP contribution in [-0.2, 0) is 37.5 Å². The van der Waals surface area contributed by atoms with Crippen molar-refractivity contribution in [1.82, 2.24) is 0 Å². The zero-order chi connectivity index (χ0) is 38.5. The number of carbonyl (C=O) groups excluding carboxylic acids is 2. The number of rotatable bonds is 37. The van der Waals surface area contributed by atoms with Gasteiger partial charge < -0.3 is 25.2 Å². The van der Waals surface area contributed by atoms with Crippen molar-refractivity contribution in [2.75, 3.05) is 19.8 Å². The summed E-state index contributed by atoms with van der Waals surface area (Å²) < 4.78 is 32.6. The summed E-state index contributed by atoms with van der Waals surface area (Å²) in [7, 11) is -4.72. The number of nitrogens with two attached hydrogens (primary N) is 1. The summed E-state index contributed by atoms with van der Waals surface area (Å²) in [5, 5.41) is 8.86. The summed E-state index contributed by atoms with van der Waals surface area (Å²) in [5.74, 6) is -2.43. The van der Waals surface area contributed by atoms with Crippen molar-refractivity contribution in [2.24, 2.45) is 5.73 Å². The van der Waals surface area contributed by atoms with Crippen molar-refractivity contribution in [3.8, 4) is 0 Å². The number of phosphoric ester groups is 1. The van der Waals surface area contributed by atoms with Gasteiger partial charge in [0, 0.05) is 12.8 Å². The average Bonchev–Trinajstić information content (AvgIpc) is 3.12. The van der Waals surface area contributed by atoms with E-state index in [1.54, 1.807) is 0 Å². The Kier molecular flexibility index (Phi) is 34.1. The van der Waals surface area contributed by atoms with Crippen LogP contribution in [0.25, 0.3) is 0 Å². The predicted molar refractivity (Wildman–Crippen MR) is 208 cm³/mol. The molecule has 302 valence electrons. The molecular formula is C40H72NO10P. The smallest absolute Gasteiger partial charge is 0.472 e. The highest BCUT2D eigenvalue weighted by Crippen LogP contribution is 2.43. The first-order chi connectivity index (χ1) is 25.1. The molecule has 0 aromatic carbocycles. The summed E-state index contributed by atoms with van der Waals surface area (Å²) in [5.41, 5.74) is 5.32. The summed E-state index contributed by atoms with van der Waals surface area (Å²) in [6.07, 6.45) is 36.4. The molecule has 0 heterocycles. The van der Waals surface area contributed by atoms with E-state index in [9.17, 15) is 23.8 Å². The van der Waals surface area contributed by atoms with Crippen LogP contribution in [-0.4, -0.2) is 59.9 Å². The molecule has 0 aliphatic heterocycles. The minimum Gasteiger partial charge on any atom is -0.480 e. The molecule has 0 aromatic rings. The van der Waals surface area contributed by atoms with Crippen molar-refractivity contribution in [3.05, 3.63) is 36.5 Å². The molecule has 0 saturated heterocycles. The van der Waals surface area contributed by atoms with Gasteiger partial charge in [-0.2, -0.15) is 0 Å². The Labute approximate surface area is 314 Å². The molecular weight excluding hydrogens is 685 g/mol. The molecule has 12 heteroatoms. The molecule has 0 fully saturated rings. The summed E-state index contributed by atoms with van der Waals surface area (Å²) in [6, 6.07) is -1.52. The van der Waals surface area contributed by atoms with Crippen LogP contribution >= 0.6 is 7.82 Å². The molecule has 1 unspecified atom stereocenters. The topological polar surface area (TPSA) is 172 Å². The second-order valence-corrected chi connectivity index (χ2v) is 14.9. The molecule has 0 bridgehead atoms. The third kappa shape index (κ3) is 34.8. The third-order valence-electron chi connectivity index (χ3n) is 8.39. The standard InChI is InChI=1S/C40H72NO10P/c1-3-5-7-9-11-13-15-17-18-20-21-23-25-27-29-31-38(42)48-33-36(34-49-52(46,47)50-35-37(41)40(44)45)51-39(43)32-30-28-26-24-22-19-16-14-12-10-8-6-4-2/h11,13,17-18,21,23,36-37H,3-10,12,14-16,19-20,22,24-35,41H2,1-2H3,(H,44,45)(H,46,47)/b13-11-,18-17-,23-21-/t36-,37+/m1/s1. The van der Waals surface area contributed by atoms with Crippen molar-refractivity contribution < 1.29 is 47.5 Å².